The summed E-state index contributed by atoms with van der Waals surface area (Å²) >= 11 is -1.21. The fourth-order valence-electron chi connectivity index (χ4n) is 1.27. The second kappa shape index (κ2) is 7.21. The Morgan fingerprint density at radius 3 is 1.25 bits per heavy atom. The first-order valence-electron chi connectivity index (χ1n) is 6.13. The van der Waals surface area contributed by atoms with Gasteiger partial charge >= 0.3 is 42.9 Å². The van der Waals surface area contributed by atoms with E-state index in [0.717, 1.165) is 18.2 Å². The van der Waals surface area contributed by atoms with Gasteiger partial charge in [-0.05, 0) is 27.2 Å². The van der Waals surface area contributed by atoms with Crippen molar-refractivity contribution in [1.82, 2.24) is 3.12 Å². The molecule has 0 saturated heterocycles. The first-order chi connectivity index (χ1) is 12.2. The molecule has 0 aliphatic rings. The van der Waals surface area contributed by atoms with Crippen LogP contribution in [0.3, 0.4) is 0 Å². The van der Waals surface area contributed by atoms with E-state index in [9.17, 15) is 60.7 Å². The number of alkyl halides is 10. The molecule has 0 unspecified atom stereocenters. The van der Waals surface area contributed by atoms with E-state index in [0.29, 0.717) is 12.1 Å². The minimum atomic E-state index is -7.69. The van der Waals surface area contributed by atoms with Crippen molar-refractivity contribution in [3.63, 3.8) is 0 Å². The molecule has 162 valence electrons. The lowest BCUT2D eigenvalue weighted by atomic mass is 10.4. The van der Waals surface area contributed by atoms with Crippen molar-refractivity contribution >= 4 is 32.0 Å². The van der Waals surface area contributed by atoms with Crippen molar-refractivity contribution in [2.45, 2.75) is 27.8 Å². The van der Waals surface area contributed by atoms with E-state index in [1.165, 1.54) is 0 Å². The summed E-state index contributed by atoms with van der Waals surface area (Å²) in [4.78, 5) is -0.856. The van der Waals surface area contributed by atoms with Gasteiger partial charge in [-0.15, -0.1) is 0 Å². The monoisotopic (exact) mass is 489 g/mol. The maximum atomic E-state index is 13.3. The van der Waals surface area contributed by atoms with E-state index in [4.69, 9.17) is 0 Å². The van der Waals surface area contributed by atoms with Crippen LogP contribution in [0.15, 0.2) is 35.2 Å². The smallest absolute Gasteiger partial charge is 0.204 e. The Balaban J connectivity index is 3.78. The summed E-state index contributed by atoms with van der Waals surface area (Å²) in [5, 5.41) is -14.0. The van der Waals surface area contributed by atoms with Gasteiger partial charge in [-0.1, -0.05) is 18.2 Å². The second-order valence-electron chi connectivity index (χ2n) is 4.61. The number of hydrogen-bond donors (Lipinski definition) is 0. The Kier molecular flexibility index (Phi) is 6.37. The average Bonchev–Trinajstić information content (AvgIpc) is 2.50. The van der Waals surface area contributed by atoms with Gasteiger partial charge in [0.05, 0.1) is 0 Å². The molecule has 0 aliphatic carbocycles. The summed E-state index contributed by atoms with van der Waals surface area (Å²) in [5.41, 5.74) is 0. The molecule has 18 heteroatoms. The quantitative estimate of drug-likeness (QED) is 0.447. The number of nitrogens with zero attached hydrogens (tertiary/aromatic N) is 1. The van der Waals surface area contributed by atoms with Crippen molar-refractivity contribution in [3.05, 3.63) is 30.3 Å². The van der Waals surface area contributed by atoms with Gasteiger partial charge in [0.25, 0.3) is 0 Å². The summed E-state index contributed by atoms with van der Waals surface area (Å²) in [5.74, 6) is 0. The molecule has 0 atom stereocenters. The minimum absolute atomic E-state index is 0.653. The average molecular weight is 489 g/mol. The van der Waals surface area contributed by atoms with Gasteiger partial charge in [-0.3, -0.25) is 0 Å². The lowest BCUT2D eigenvalue weighted by Crippen LogP contribution is -2.56. The predicted octanol–water partition coefficient (Wildman–Crippen LogP) is 3.97. The molecule has 28 heavy (non-hydrogen) atoms. The number of hydrogen-bond acceptors (Lipinski definition) is 5. The summed E-state index contributed by atoms with van der Waals surface area (Å²) < 4.78 is 172. The first-order valence-corrected chi connectivity index (χ1v) is 9.78. The molecule has 0 amide bonds. The first kappa shape index (κ1) is 24.8. The maximum Gasteiger partial charge on any atom is 0.471 e. The normalized spacial score (nSPS) is 15.1. The van der Waals surface area contributed by atoms with Gasteiger partial charge < -0.3 is 0 Å². The van der Waals surface area contributed by atoms with Crippen molar-refractivity contribution in [3.8, 4) is 0 Å². The molecule has 0 spiro atoms. The highest BCUT2D eigenvalue weighted by atomic mass is 32.3. The van der Waals surface area contributed by atoms with Crippen LogP contribution < -0.4 is 0 Å². The summed E-state index contributed by atoms with van der Waals surface area (Å²) in [7, 11) is -15.4. The van der Waals surface area contributed by atoms with Gasteiger partial charge in [-0.2, -0.15) is 43.9 Å². The Hall–Kier alpha value is -1.27. The van der Waals surface area contributed by atoms with Crippen molar-refractivity contribution in [2.24, 2.45) is 0 Å². The van der Waals surface area contributed by atoms with E-state index in [2.05, 4.69) is 0 Å². The highest BCUT2D eigenvalue weighted by Gasteiger charge is 2.76. The van der Waals surface area contributed by atoms with E-state index in [1.54, 1.807) is 0 Å². The topological polar surface area (TPSA) is 71.5 Å². The van der Waals surface area contributed by atoms with Crippen molar-refractivity contribution in [1.29, 1.82) is 0 Å². The van der Waals surface area contributed by atoms with Gasteiger partial charge in [0, 0.05) is 4.90 Å². The zero-order valence-electron chi connectivity index (χ0n) is 12.5. The van der Waals surface area contributed by atoms with Crippen LogP contribution in [0.4, 0.5) is 43.9 Å². The molecule has 1 rings (SSSR count). The Labute approximate surface area is 154 Å². The zero-order chi connectivity index (χ0) is 22.4. The van der Waals surface area contributed by atoms with Gasteiger partial charge in [0.2, 0.25) is 0 Å². The lowest BCUT2D eigenvalue weighted by Gasteiger charge is -2.29. The molecule has 0 N–H and O–H groups in total. The molecule has 5 nitrogen and oxygen atoms in total. The van der Waals surface area contributed by atoms with Gasteiger partial charge in [0.1, 0.15) is 0 Å². The molecule has 0 bridgehead atoms. The number of halogens is 10. The fraction of sp³-hybridized carbons (Fsp3) is 0.400. The predicted molar refractivity (Wildman–Crippen MR) is 74.0 cm³/mol. The Bertz CT molecular complexity index is 853. The molecule has 0 aliphatic heterocycles. The maximum absolute atomic E-state index is 13.3. The molecule has 0 heterocycles. The Morgan fingerprint density at radius 1 is 0.643 bits per heavy atom. The highest BCUT2D eigenvalue weighted by molar-refractivity contribution is 8.21. The molecule has 0 saturated carbocycles. The highest BCUT2D eigenvalue weighted by Crippen LogP contribution is 2.50. The van der Waals surface area contributed by atoms with Crippen LogP contribution >= 0.6 is 11.9 Å². The molecular weight excluding hydrogens is 484 g/mol. The molecule has 1 aromatic carbocycles. The van der Waals surface area contributed by atoms with E-state index >= 15 is 0 Å². The van der Waals surface area contributed by atoms with Crippen LogP contribution in [0, 0.1) is 0 Å². The zero-order valence-corrected chi connectivity index (χ0v) is 14.9. The summed E-state index contributed by atoms with van der Waals surface area (Å²) in [6, 6.07) is 4.32. The van der Waals surface area contributed by atoms with Crippen molar-refractivity contribution in [2.75, 3.05) is 0 Å². The number of rotatable bonds is 6. The molecular formula is C10H5F10NO4S3. The SMILES string of the molecule is O=S(=O)(N(Sc1ccccc1)S(=O)(=O)C(F)(F)C(F)(F)F)C(F)(F)C(F)(F)F. The number of benzene rings is 1. The van der Waals surface area contributed by atoms with Crippen LogP contribution in [0.2, 0.25) is 0 Å². The van der Waals surface area contributed by atoms with E-state index in [-0.39, 0.29) is 0 Å². The van der Waals surface area contributed by atoms with Crippen LogP contribution in [0.25, 0.3) is 0 Å². The molecule has 0 radical (unpaired) electrons. The third-order valence-electron chi connectivity index (χ3n) is 2.62. The van der Waals surface area contributed by atoms with Crippen LogP contribution in [0.5, 0.6) is 0 Å². The second-order valence-corrected chi connectivity index (χ2v) is 9.98. The summed E-state index contributed by atoms with van der Waals surface area (Å²) in [6.07, 6.45) is -14.1. The van der Waals surface area contributed by atoms with Crippen LogP contribution in [-0.4, -0.2) is 42.8 Å². The van der Waals surface area contributed by atoms with Gasteiger partial charge in [0.15, 0.2) is 0 Å². The fourth-order valence-corrected chi connectivity index (χ4v) is 6.14. The minimum Gasteiger partial charge on any atom is -0.204 e. The van der Waals surface area contributed by atoms with E-state index in [1.807, 2.05) is 0 Å². The molecule has 0 aromatic heterocycles. The third kappa shape index (κ3) is 4.04. The standard InChI is InChI=1S/C10H5F10NO4S3/c11-7(12,13)9(17,18)27(22,23)21(26-6-4-2-1-3-5-6)28(24,25)10(19,20)8(14,15)16/h1-5H. The largest absolute Gasteiger partial charge is 0.471 e. The third-order valence-corrected chi connectivity index (χ3v) is 8.60. The molecule has 1 aromatic rings. The Morgan fingerprint density at radius 2 is 0.964 bits per heavy atom. The van der Waals surface area contributed by atoms with Gasteiger partial charge in [-0.25, -0.2) is 16.8 Å². The number of sulfonamides is 2. The van der Waals surface area contributed by atoms with Crippen LogP contribution in [0.1, 0.15) is 0 Å². The van der Waals surface area contributed by atoms with E-state index < -0.39 is 62.9 Å². The van der Waals surface area contributed by atoms with Crippen molar-refractivity contribution < 1.29 is 60.7 Å². The lowest BCUT2D eigenvalue weighted by molar-refractivity contribution is -0.243. The van der Waals surface area contributed by atoms with Crippen LogP contribution in [-0.2, 0) is 20.0 Å². The molecule has 0 fully saturated rings. The summed E-state index contributed by atoms with van der Waals surface area (Å²) in [6.45, 7) is 0.